The van der Waals surface area contributed by atoms with E-state index in [0.29, 0.717) is 18.3 Å². The number of hydrogen-bond acceptors (Lipinski definition) is 3. The fraction of sp³-hybridized carbons (Fsp3) is 0.333. The molecular weight excluding hydrogens is 252 g/mol. The average molecular weight is 270 g/mol. The molecule has 1 heterocycles. The number of hydrogen-bond donors (Lipinski definition) is 1. The van der Waals surface area contributed by atoms with E-state index in [0.717, 1.165) is 24.1 Å². The van der Waals surface area contributed by atoms with Crippen molar-refractivity contribution in [3.63, 3.8) is 0 Å². The van der Waals surface area contributed by atoms with Gasteiger partial charge in [0.2, 0.25) is 0 Å². The van der Waals surface area contributed by atoms with Gasteiger partial charge in [0, 0.05) is 25.3 Å². The van der Waals surface area contributed by atoms with E-state index in [1.807, 2.05) is 36.2 Å². The zero-order valence-electron chi connectivity index (χ0n) is 11.5. The van der Waals surface area contributed by atoms with Crippen LogP contribution >= 0.6 is 0 Å². The largest absolute Gasteiger partial charge is 0.399 e. The van der Waals surface area contributed by atoms with Crippen LogP contribution in [0.1, 0.15) is 28.9 Å². The topological polar surface area (TPSA) is 64.2 Å². The molecule has 0 atom stereocenters. The molecule has 1 fully saturated rings. The molecule has 5 nitrogen and oxygen atoms in total. The molecule has 1 aliphatic carbocycles. The number of carbonyl (C=O) groups excluding carboxylic acids is 1. The van der Waals surface area contributed by atoms with Gasteiger partial charge < -0.3 is 15.2 Å². The second-order valence-corrected chi connectivity index (χ2v) is 5.30. The van der Waals surface area contributed by atoms with Crippen molar-refractivity contribution < 1.29 is 4.79 Å². The van der Waals surface area contributed by atoms with E-state index in [-0.39, 0.29) is 5.91 Å². The summed E-state index contributed by atoms with van der Waals surface area (Å²) in [7, 11) is 1.84. The van der Waals surface area contributed by atoms with Crippen molar-refractivity contribution in [2.75, 3.05) is 5.73 Å². The standard InChI is InChI=1S/C15H18N4O/c1-18-10-17-8-14(18)15(20)19(13-6-7-13)9-11-2-4-12(16)5-3-11/h2-5,8,10,13H,6-7,9,16H2,1H3. The van der Waals surface area contributed by atoms with Gasteiger partial charge in [-0.2, -0.15) is 0 Å². The van der Waals surface area contributed by atoms with Gasteiger partial charge in [0.1, 0.15) is 5.69 Å². The lowest BCUT2D eigenvalue weighted by molar-refractivity contribution is 0.0720. The summed E-state index contributed by atoms with van der Waals surface area (Å²) >= 11 is 0. The second-order valence-electron chi connectivity index (χ2n) is 5.30. The summed E-state index contributed by atoms with van der Waals surface area (Å²) in [4.78, 5) is 18.6. The van der Waals surface area contributed by atoms with Crippen LogP contribution in [0.15, 0.2) is 36.8 Å². The van der Waals surface area contributed by atoms with Gasteiger partial charge in [-0.25, -0.2) is 4.98 Å². The highest BCUT2D eigenvalue weighted by Crippen LogP contribution is 2.29. The fourth-order valence-electron chi connectivity index (χ4n) is 2.28. The summed E-state index contributed by atoms with van der Waals surface area (Å²) in [6, 6.07) is 8.04. The van der Waals surface area contributed by atoms with Crippen LogP contribution in [0.2, 0.25) is 0 Å². The minimum Gasteiger partial charge on any atom is -0.399 e. The highest BCUT2D eigenvalue weighted by molar-refractivity contribution is 5.92. The third-order valence-electron chi connectivity index (χ3n) is 3.62. The highest BCUT2D eigenvalue weighted by atomic mass is 16.2. The zero-order valence-corrected chi connectivity index (χ0v) is 11.5. The van der Waals surface area contributed by atoms with Gasteiger partial charge in [-0.15, -0.1) is 0 Å². The van der Waals surface area contributed by atoms with E-state index >= 15 is 0 Å². The van der Waals surface area contributed by atoms with Gasteiger partial charge in [-0.3, -0.25) is 4.79 Å². The monoisotopic (exact) mass is 270 g/mol. The van der Waals surface area contributed by atoms with Crippen LogP contribution < -0.4 is 5.73 Å². The van der Waals surface area contributed by atoms with Crippen molar-refractivity contribution in [3.8, 4) is 0 Å². The summed E-state index contributed by atoms with van der Waals surface area (Å²) in [5.41, 5.74) is 8.17. The summed E-state index contributed by atoms with van der Waals surface area (Å²) in [6.45, 7) is 0.620. The Morgan fingerprint density at radius 3 is 2.65 bits per heavy atom. The number of aromatic nitrogens is 2. The smallest absolute Gasteiger partial charge is 0.272 e. The van der Waals surface area contributed by atoms with Gasteiger partial charge in [0.25, 0.3) is 5.91 Å². The summed E-state index contributed by atoms with van der Waals surface area (Å²) in [5.74, 6) is 0.0457. The lowest BCUT2D eigenvalue weighted by atomic mass is 10.2. The molecule has 20 heavy (non-hydrogen) atoms. The number of anilines is 1. The van der Waals surface area contributed by atoms with Gasteiger partial charge >= 0.3 is 0 Å². The van der Waals surface area contributed by atoms with Crippen molar-refractivity contribution in [3.05, 3.63) is 48.0 Å². The van der Waals surface area contributed by atoms with Gasteiger partial charge in [-0.1, -0.05) is 12.1 Å². The molecule has 3 rings (SSSR count). The molecule has 0 aliphatic heterocycles. The molecule has 0 radical (unpaired) electrons. The number of nitrogens with zero attached hydrogens (tertiary/aromatic N) is 3. The molecule has 2 N–H and O–H groups in total. The fourth-order valence-corrected chi connectivity index (χ4v) is 2.28. The highest BCUT2D eigenvalue weighted by Gasteiger charge is 2.33. The molecule has 0 bridgehead atoms. The summed E-state index contributed by atoms with van der Waals surface area (Å²) in [6.07, 6.45) is 5.44. The lowest BCUT2D eigenvalue weighted by Gasteiger charge is -2.22. The first kappa shape index (κ1) is 12.7. The van der Waals surface area contributed by atoms with E-state index < -0.39 is 0 Å². The summed E-state index contributed by atoms with van der Waals surface area (Å²) in [5, 5.41) is 0. The van der Waals surface area contributed by atoms with Gasteiger partial charge in [-0.05, 0) is 30.5 Å². The van der Waals surface area contributed by atoms with E-state index in [1.54, 1.807) is 17.1 Å². The van der Waals surface area contributed by atoms with Crippen LogP contribution in [0, 0.1) is 0 Å². The first-order valence-electron chi connectivity index (χ1n) is 6.77. The quantitative estimate of drug-likeness (QED) is 0.862. The molecule has 0 unspecified atom stereocenters. The van der Waals surface area contributed by atoms with Crippen LogP contribution in [-0.4, -0.2) is 26.4 Å². The molecule has 1 saturated carbocycles. The molecule has 5 heteroatoms. The minimum absolute atomic E-state index is 0.0457. The van der Waals surface area contributed by atoms with Crippen molar-refractivity contribution in [2.24, 2.45) is 7.05 Å². The predicted octanol–water partition coefficient (Wildman–Crippen LogP) is 1.81. The maximum Gasteiger partial charge on any atom is 0.272 e. The first-order valence-corrected chi connectivity index (χ1v) is 6.77. The van der Waals surface area contributed by atoms with E-state index in [4.69, 9.17) is 5.73 Å². The molecule has 0 saturated heterocycles. The van der Waals surface area contributed by atoms with Crippen molar-refractivity contribution in [1.29, 1.82) is 0 Å². The maximum absolute atomic E-state index is 12.6. The van der Waals surface area contributed by atoms with Crippen LogP contribution in [0.4, 0.5) is 5.69 Å². The van der Waals surface area contributed by atoms with E-state index in [2.05, 4.69) is 4.98 Å². The Morgan fingerprint density at radius 2 is 2.10 bits per heavy atom. The van der Waals surface area contributed by atoms with Crippen molar-refractivity contribution >= 4 is 11.6 Å². The molecule has 1 amide bonds. The van der Waals surface area contributed by atoms with Crippen LogP contribution in [0.3, 0.4) is 0 Å². The zero-order chi connectivity index (χ0) is 14.1. The molecular formula is C15H18N4O. The summed E-state index contributed by atoms with van der Waals surface area (Å²) < 4.78 is 1.76. The molecule has 1 aliphatic rings. The lowest BCUT2D eigenvalue weighted by Crippen LogP contribution is -2.33. The normalized spacial score (nSPS) is 14.2. The van der Waals surface area contributed by atoms with Crippen LogP contribution in [-0.2, 0) is 13.6 Å². The number of imidazole rings is 1. The van der Waals surface area contributed by atoms with Gasteiger partial charge in [0.15, 0.2) is 0 Å². The maximum atomic E-state index is 12.6. The Labute approximate surface area is 118 Å². The number of nitrogen functional groups attached to an aromatic ring is 1. The van der Waals surface area contributed by atoms with Crippen molar-refractivity contribution in [2.45, 2.75) is 25.4 Å². The Hall–Kier alpha value is -2.30. The third-order valence-corrected chi connectivity index (χ3v) is 3.62. The number of benzene rings is 1. The number of carbonyl (C=O) groups is 1. The molecule has 1 aromatic carbocycles. The SMILES string of the molecule is Cn1cncc1C(=O)N(Cc1ccc(N)cc1)C1CC1. The van der Waals surface area contributed by atoms with Crippen LogP contribution in [0.5, 0.6) is 0 Å². The molecule has 1 aromatic heterocycles. The number of nitrogens with two attached hydrogens (primary N) is 1. The number of aryl methyl sites for hydroxylation is 1. The molecule has 2 aromatic rings. The number of amides is 1. The van der Waals surface area contributed by atoms with E-state index in [9.17, 15) is 4.79 Å². The molecule has 104 valence electrons. The second kappa shape index (κ2) is 5.00. The van der Waals surface area contributed by atoms with Gasteiger partial charge in [0.05, 0.1) is 12.5 Å². The minimum atomic E-state index is 0.0457. The van der Waals surface area contributed by atoms with Crippen molar-refractivity contribution in [1.82, 2.24) is 14.5 Å². The Kier molecular flexibility index (Phi) is 3.18. The molecule has 0 spiro atoms. The predicted molar refractivity (Wildman–Crippen MR) is 77.0 cm³/mol. The Balaban J connectivity index is 1.81. The van der Waals surface area contributed by atoms with E-state index in [1.165, 1.54) is 0 Å². The first-order chi connectivity index (χ1) is 9.65. The third kappa shape index (κ3) is 2.52. The Morgan fingerprint density at radius 1 is 1.40 bits per heavy atom. The van der Waals surface area contributed by atoms with Crippen LogP contribution in [0.25, 0.3) is 0 Å². The Bertz CT molecular complexity index is 613. The average Bonchev–Trinajstić information content (AvgIpc) is 3.19. The number of rotatable bonds is 4.